The van der Waals surface area contributed by atoms with Crippen LogP contribution in [0.15, 0.2) is 66.0 Å². The van der Waals surface area contributed by atoms with E-state index in [0.29, 0.717) is 12.1 Å². The van der Waals surface area contributed by atoms with Gasteiger partial charge in [-0.3, -0.25) is 24.2 Å². The van der Waals surface area contributed by atoms with E-state index in [1.54, 1.807) is 12.3 Å². The zero-order chi connectivity index (χ0) is 32.5. The summed E-state index contributed by atoms with van der Waals surface area (Å²) in [6.07, 6.45) is 7.63. The second-order valence-corrected chi connectivity index (χ2v) is 12.0. The summed E-state index contributed by atoms with van der Waals surface area (Å²) >= 11 is 0. The molecule has 1 aromatic carbocycles. The van der Waals surface area contributed by atoms with Crippen LogP contribution in [0.5, 0.6) is 0 Å². The monoisotopic (exact) mass is 621 g/mol. The van der Waals surface area contributed by atoms with Crippen molar-refractivity contribution in [3.05, 3.63) is 83.0 Å². The van der Waals surface area contributed by atoms with Crippen LogP contribution in [-0.2, 0) is 16.1 Å². The molecule has 46 heavy (non-hydrogen) atoms. The summed E-state index contributed by atoms with van der Waals surface area (Å²) in [6.45, 7) is 4.51. The molecule has 0 radical (unpaired) electrons. The number of rotatable bonds is 10. The number of pyridine rings is 1. The molecule has 1 saturated carbocycles. The number of nitrogens with two attached hydrogens (primary N) is 2. The lowest BCUT2D eigenvalue weighted by Crippen LogP contribution is -2.48. The summed E-state index contributed by atoms with van der Waals surface area (Å²) in [6, 6.07) is 11.9. The number of nitriles is 1. The van der Waals surface area contributed by atoms with E-state index in [-0.39, 0.29) is 41.1 Å². The molecule has 13 heteroatoms. The number of amides is 2. The van der Waals surface area contributed by atoms with Crippen molar-refractivity contribution >= 4 is 23.2 Å². The summed E-state index contributed by atoms with van der Waals surface area (Å²) in [4.78, 5) is 33.9. The number of para-hydroxylation sites is 1. The lowest BCUT2D eigenvalue weighted by atomic mass is 9.91. The van der Waals surface area contributed by atoms with Crippen molar-refractivity contribution in [2.24, 2.45) is 17.4 Å². The molecule has 1 saturated heterocycles. The molecule has 2 fully saturated rings. The molecule has 2 aliphatic heterocycles. The van der Waals surface area contributed by atoms with Gasteiger partial charge >= 0.3 is 0 Å². The van der Waals surface area contributed by atoms with Gasteiger partial charge < -0.3 is 32.3 Å². The van der Waals surface area contributed by atoms with Gasteiger partial charge in [-0.2, -0.15) is 10.4 Å². The van der Waals surface area contributed by atoms with E-state index in [9.17, 15) is 14.9 Å². The van der Waals surface area contributed by atoms with Crippen LogP contribution in [0.2, 0.25) is 0 Å². The zero-order valence-corrected chi connectivity index (χ0v) is 26.2. The Morgan fingerprint density at radius 3 is 2.65 bits per heavy atom. The Bertz CT molecular complexity index is 1780. The first-order valence-corrected chi connectivity index (χ1v) is 15.5. The smallest absolute Gasteiger partial charge is 0.269 e. The number of fused-ring (bicyclic) bond motifs is 3. The molecule has 6 rings (SSSR count). The minimum absolute atomic E-state index is 0.0268. The Morgan fingerprint density at radius 1 is 1.17 bits per heavy atom. The number of hydrogen-bond acceptors (Lipinski definition) is 10. The number of anilines is 2. The van der Waals surface area contributed by atoms with Crippen LogP contribution in [0.3, 0.4) is 0 Å². The number of aromatic nitrogens is 3. The van der Waals surface area contributed by atoms with Crippen LogP contribution in [-0.4, -0.2) is 58.7 Å². The highest BCUT2D eigenvalue weighted by Gasteiger charge is 2.38. The normalized spacial score (nSPS) is 18.4. The van der Waals surface area contributed by atoms with E-state index in [1.807, 2.05) is 24.4 Å². The predicted octanol–water partition coefficient (Wildman–Crippen LogP) is 2.43. The molecule has 2 aromatic heterocycles. The highest BCUT2D eigenvalue weighted by atomic mass is 16.2. The average Bonchev–Trinajstić information content (AvgIpc) is 3.81. The molecule has 238 valence electrons. The van der Waals surface area contributed by atoms with E-state index >= 15 is 0 Å². The van der Waals surface area contributed by atoms with Gasteiger partial charge in [0.05, 0.1) is 58.4 Å². The summed E-state index contributed by atoms with van der Waals surface area (Å²) in [5.74, 6) is -0.543. The summed E-state index contributed by atoms with van der Waals surface area (Å²) < 4.78 is 2.17. The maximum Gasteiger partial charge on any atom is 0.269 e. The van der Waals surface area contributed by atoms with Crippen LogP contribution in [0, 0.1) is 17.2 Å². The van der Waals surface area contributed by atoms with Crippen molar-refractivity contribution in [1.82, 2.24) is 30.3 Å². The summed E-state index contributed by atoms with van der Waals surface area (Å²) in [5, 5.41) is 22.7. The molecule has 13 nitrogen and oxygen atoms in total. The standard InChI is InChI=1S/C33H39N11O2/c1-4-27-31-24(15-39-44(31)22-17-43(18-22)16-21-12-19(14-34)10-11-38-21)23-6-5-7-25(30(23)42(27)3)40-26(29(36)33(46)37-2)13-28(35)41-32(45)20-8-9-20/h5-7,10-13,15,20,22,27,40H,4,8-9,16-18,35-36H2,1-3H3,(H,37,46)(H,41,45)/b28-13+,29-26+. The first-order valence-electron chi connectivity index (χ1n) is 15.5. The quantitative estimate of drug-likeness (QED) is 0.166. The van der Waals surface area contributed by atoms with Gasteiger partial charge in [0.25, 0.3) is 5.91 Å². The molecule has 2 amide bonds. The van der Waals surface area contributed by atoms with Crippen LogP contribution < -0.4 is 32.3 Å². The summed E-state index contributed by atoms with van der Waals surface area (Å²) in [5.41, 5.74) is 19.1. The van der Waals surface area contributed by atoms with Crippen molar-refractivity contribution in [3.8, 4) is 17.2 Å². The maximum atomic E-state index is 12.6. The molecule has 0 spiro atoms. The van der Waals surface area contributed by atoms with Crippen LogP contribution in [0.1, 0.15) is 55.2 Å². The van der Waals surface area contributed by atoms with Crippen LogP contribution in [0.25, 0.3) is 11.1 Å². The van der Waals surface area contributed by atoms with E-state index < -0.39 is 5.91 Å². The minimum atomic E-state index is -0.476. The fraction of sp³-hybridized carbons (Fsp3) is 0.364. The molecule has 3 aromatic rings. The van der Waals surface area contributed by atoms with E-state index in [4.69, 9.17) is 16.6 Å². The third-order valence-electron chi connectivity index (χ3n) is 8.84. The highest BCUT2D eigenvalue weighted by molar-refractivity contribution is 5.96. The van der Waals surface area contributed by atoms with Gasteiger partial charge in [0, 0.05) is 63.0 Å². The number of likely N-dealkylation sites (tertiary alicyclic amines) is 1. The first kappa shape index (κ1) is 30.7. The molecule has 1 aliphatic carbocycles. The van der Waals surface area contributed by atoms with Gasteiger partial charge in [-0.25, -0.2) is 0 Å². The van der Waals surface area contributed by atoms with Crippen molar-refractivity contribution < 1.29 is 9.59 Å². The second kappa shape index (κ2) is 12.6. The van der Waals surface area contributed by atoms with Crippen molar-refractivity contribution in [1.29, 1.82) is 5.26 Å². The Kier molecular flexibility index (Phi) is 8.38. The minimum Gasteiger partial charge on any atom is -0.393 e. The molecule has 4 heterocycles. The summed E-state index contributed by atoms with van der Waals surface area (Å²) in [7, 11) is 3.56. The van der Waals surface area contributed by atoms with Crippen molar-refractivity contribution in [3.63, 3.8) is 0 Å². The Balaban J connectivity index is 1.28. The van der Waals surface area contributed by atoms with Gasteiger partial charge in [-0.15, -0.1) is 0 Å². The van der Waals surface area contributed by atoms with Gasteiger partial charge in [0.15, 0.2) is 0 Å². The van der Waals surface area contributed by atoms with Crippen LogP contribution >= 0.6 is 0 Å². The lowest BCUT2D eigenvalue weighted by Gasteiger charge is -2.43. The average molecular weight is 622 g/mol. The molecule has 1 unspecified atom stereocenters. The number of nitrogens with zero attached hydrogens (tertiary/aromatic N) is 6. The van der Waals surface area contributed by atoms with Crippen molar-refractivity contribution in [2.45, 2.75) is 44.8 Å². The first-order chi connectivity index (χ1) is 22.2. The maximum absolute atomic E-state index is 12.6. The molecule has 0 bridgehead atoms. The second-order valence-electron chi connectivity index (χ2n) is 12.0. The lowest BCUT2D eigenvalue weighted by molar-refractivity contribution is -0.121. The predicted molar refractivity (Wildman–Crippen MR) is 174 cm³/mol. The topological polar surface area (TPSA) is 183 Å². The van der Waals surface area contributed by atoms with E-state index in [2.05, 4.69) is 61.5 Å². The SMILES string of the molecule is CCC1c2c(cnn2C2CN(Cc3cc(C#N)ccn3)C2)-c2cccc(NC(/C=C(\N)NC(=O)C3CC3)=C(/N)C(=O)NC)c2N1C. The molecule has 7 N–H and O–H groups in total. The van der Waals surface area contributed by atoms with Crippen LogP contribution in [0.4, 0.5) is 11.4 Å². The fourth-order valence-electron chi connectivity index (χ4n) is 6.30. The zero-order valence-electron chi connectivity index (χ0n) is 26.2. The third-order valence-corrected chi connectivity index (χ3v) is 8.84. The number of nitrogens with one attached hydrogen (secondary N) is 3. The molecule has 3 aliphatic rings. The third kappa shape index (κ3) is 5.87. The number of carbonyl (C=O) groups is 2. The number of carbonyl (C=O) groups excluding carboxylic acids is 2. The largest absolute Gasteiger partial charge is 0.393 e. The number of allylic oxidation sites excluding steroid dienone is 1. The Morgan fingerprint density at radius 2 is 1.96 bits per heavy atom. The Labute approximate surface area is 267 Å². The van der Waals surface area contributed by atoms with E-state index in [1.165, 1.54) is 13.1 Å². The van der Waals surface area contributed by atoms with Gasteiger partial charge in [0.1, 0.15) is 11.5 Å². The Hall–Kier alpha value is -5.35. The fourth-order valence-corrected chi connectivity index (χ4v) is 6.30. The molecule has 1 atom stereocenters. The number of likely N-dealkylation sites (N-methyl/N-ethyl adjacent to an activating group) is 1. The molecular formula is C33H39N11O2. The number of benzene rings is 1. The highest BCUT2D eigenvalue weighted by Crippen LogP contribution is 2.49. The van der Waals surface area contributed by atoms with E-state index in [0.717, 1.165) is 66.2 Å². The van der Waals surface area contributed by atoms with Gasteiger partial charge in [-0.1, -0.05) is 19.1 Å². The number of hydrogen-bond donors (Lipinski definition) is 5. The molecular weight excluding hydrogens is 582 g/mol. The van der Waals surface area contributed by atoms with Gasteiger partial charge in [-0.05, 0) is 37.5 Å². The van der Waals surface area contributed by atoms with Crippen molar-refractivity contribution in [2.75, 3.05) is 37.4 Å². The van der Waals surface area contributed by atoms with Gasteiger partial charge in [0.2, 0.25) is 5.91 Å².